The van der Waals surface area contributed by atoms with E-state index in [9.17, 15) is 19.7 Å². The van der Waals surface area contributed by atoms with Crippen molar-refractivity contribution < 1.29 is 19.2 Å². The minimum atomic E-state index is -0.689. The molecule has 32 heavy (non-hydrogen) atoms. The van der Waals surface area contributed by atoms with E-state index in [4.69, 9.17) is 16.3 Å². The van der Waals surface area contributed by atoms with Crippen LogP contribution >= 0.6 is 11.6 Å². The first-order chi connectivity index (χ1) is 15.5. The standard InChI is InChI=1S/C24H15ClN2O5/c25-20-11-10-16(13-21(20)27(30)31)23(28)18-8-1-2-9-19(18)24(29)32-14-17-6-3-5-15-7-4-12-26-22(15)17/h1-13H,14H2. The van der Waals surface area contributed by atoms with Crippen LogP contribution in [0.15, 0.2) is 79.0 Å². The van der Waals surface area contributed by atoms with Gasteiger partial charge in [0, 0.05) is 34.3 Å². The molecule has 0 fully saturated rings. The lowest BCUT2D eigenvalue weighted by Crippen LogP contribution is -2.13. The lowest BCUT2D eigenvalue weighted by molar-refractivity contribution is -0.384. The predicted octanol–water partition coefficient (Wildman–Crippen LogP) is 5.38. The number of fused-ring (bicyclic) bond motifs is 1. The summed E-state index contributed by atoms with van der Waals surface area (Å²) in [7, 11) is 0. The molecule has 0 saturated heterocycles. The molecule has 0 N–H and O–H groups in total. The number of ketones is 1. The first-order valence-electron chi connectivity index (χ1n) is 9.53. The number of halogens is 1. The maximum absolute atomic E-state index is 13.0. The molecule has 0 radical (unpaired) electrons. The predicted molar refractivity (Wildman–Crippen MR) is 119 cm³/mol. The molecule has 0 aliphatic carbocycles. The van der Waals surface area contributed by atoms with Gasteiger partial charge in [-0.2, -0.15) is 0 Å². The van der Waals surface area contributed by atoms with E-state index in [-0.39, 0.29) is 34.0 Å². The molecule has 8 heteroatoms. The van der Waals surface area contributed by atoms with E-state index in [0.29, 0.717) is 0 Å². The van der Waals surface area contributed by atoms with Crippen molar-refractivity contribution in [3.05, 3.63) is 116 Å². The minimum absolute atomic E-state index is 0.0257. The number of pyridine rings is 1. The zero-order valence-corrected chi connectivity index (χ0v) is 17.3. The van der Waals surface area contributed by atoms with Gasteiger partial charge in [0.2, 0.25) is 0 Å². The van der Waals surface area contributed by atoms with Gasteiger partial charge in [0.25, 0.3) is 5.69 Å². The average Bonchev–Trinajstić information content (AvgIpc) is 2.82. The number of carbonyl (C=O) groups is 2. The molecular weight excluding hydrogens is 432 g/mol. The number of ether oxygens (including phenoxy) is 1. The number of nitro benzene ring substituents is 1. The van der Waals surface area contributed by atoms with Crippen LogP contribution in [0, 0.1) is 10.1 Å². The second kappa shape index (κ2) is 8.95. The Morgan fingerprint density at radius 3 is 2.50 bits per heavy atom. The molecule has 0 aliphatic heterocycles. The molecule has 3 aromatic carbocycles. The van der Waals surface area contributed by atoms with Gasteiger partial charge in [-0.3, -0.25) is 19.9 Å². The number of aromatic nitrogens is 1. The Morgan fingerprint density at radius 2 is 1.72 bits per heavy atom. The lowest BCUT2D eigenvalue weighted by atomic mass is 9.98. The number of carbonyl (C=O) groups excluding carboxylic acids is 2. The van der Waals surface area contributed by atoms with E-state index >= 15 is 0 Å². The van der Waals surface area contributed by atoms with Gasteiger partial charge in [-0.05, 0) is 24.3 Å². The number of rotatable bonds is 6. The van der Waals surface area contributed by atoms with Gasteiger partial charge < -0.3 is 4.74 Å². The molecule has 1 heterocycles. The van der Waals surface area contributed by atoms with E-state index in [2.05, 4.69) is 4.98 Å². The van der Waals surface area contributed by atoms with Gasteiger partial charge in [0.1, 0.15) is 11.6 Å². The van der Waals surface area contributed by atoms with Gasteiger partial charge in [-0.1, -0.05) is 54.1 Å². The zero-order valence-electron chi connectivity index (χ0n) is 16.5. The van der Waals surface area contributed by atoms with Crippen LogP contribution < -0.4 is 0 Å². The zero-order chi connectivity index (χ0) is 22.7. The van der Waals surface area contributed by atoms with Crippen molar-refractivity contribution in [3.8, 4) is 0 Å². The summed E-state index contributed by atoms with van der Waals surface area (Å²) in [5, 5.41) is 12.0. The van der Waals surface area contributed by atoms with Crippen molar-refractivity contribution in [1.82, 2.24) is 4.98 Å². The van der Waals surface area contributed by atoms with E-state index in [1.165, 1.54) is 24.3 Å². The first kappa shape index (κ1) is 21.1. The van der Waals surface area contributed by atoms with Crippen molar-refractivity contribution >= 4 is 39.9 Å². The molecule has 0 unspecified atom stereocenters. The highest BCUT2D eigenvalue weighted by Gasteiger charge is 2.22. The molecule has 0 saturated carbocycles. The number of hydrogen-bond donors (Lipinski definition) is 0. The summed E-state index contributed by atoms with van der Waals surface area (Å²) in [6.07, 6.45) is 1.66. The maximum Gasteiger partial charge on any atom is 0.339 e. The van der Waals surface area contributed by atoms with Crippen LogP contribution in [0.25, 0.3) is 10.9 Å². The largest absolute Gasteiger partial charge is 0.457 e. The van der Waals surface area contributed by atoms with Crippen LogP contribution in [0.3, 0.4) is 0 Å². The van der Waals surface area contributed by atoms with Crippen molar-refractivity contribution in [2.24, 2.45) is 0 Å². The average molecular weight is 447 g/mol. The maximum atomic E-state index is 13.0. The third-order valence-corrected chi connectivity index (χ3v) is 5.19. The summed E-state index contributed by atoms with van der Waals surface area (Å²) in [4.78, 5) is 40.7. The molecule has 0 bridgehead atoms. The third-order valence-electron chi connectivity index (χ3n) is 4.87. The van der Waals surface area contributed by atoms with E-state index in [0.717, 1.165) is 22.5 Å². The fourth-order valence-corrected chi connectivity index (χ4v) is 3.50. The smallest absolute Gasteiger partial charge is 0.339 e. The summed E-state index contributed by atoms with van der Waals surface area (Å²) in [5.74, 6) is -1.24. The Morgan fingerprint density at radius 1 is 0.969 bits per heavy atom. The Bertz CT molecular complexity index is 1360. The SMILES string of the molecule is O=C(OCc1cccc2cccnc12)c1ccccc1C(=O)c1ccc(Cl)c([N+](=O)[O-])c1. The normalized spacial score (nSPS) is 10.7. The van der Waals surface area contributed by atoms with Crippen LogP contribution in [0.5, 0.6) is 0 Å². The molecule has 158 valence electrons. The Labute approximate surface area is 187 Å². The molecular formula is C24H15ClN2O5. The highest BCUT2D eigenvalue weighted by Crippen LogP contribution is 2.27. The molecule has 4 rings (SSSR count). The highest BCUT2D eigenvalue weighted by molar-refractivity contribution is 6.33. The van der Waals surface area contributed by atoms with Crippen LogP contribution in [-0.4, -0.2) is 21.7 Å². The van der Waals surface area contributed by atoms with Crippen LogP contribution in [0.4, 0.5) is 5.69 Å². The molecule has 7 nitrogen and oxygen atoms in total. The van der Waals surface area contributed by atoms with E-state index < -0.39 is 16.7 Å². The molecule has 4 aromatic rings. The van der Waals surface area contributed by atoms with Crippen LogP contribution in [0.1, 0.15) is 31.8 Å². The number of nitro groups is 1. The van der Waals surface area contributed by atoms with Gasteiger partial charge in [-0.15, -0.1) is 0 Å². The summed E-state index contributed by atoms with van der Waals surface area (Å²) >= 11 is 5.83. The minimum Gasteiger partial charge on any atom is -0.457 e. The second-order valence-electron chi connectivity index (χ2n) is 6.87. The summed E-state index contributed by atoms with van der Waals surface area (Å²) in [5.41, 5.74) is 1.24. The fraction of sp³-hybridized carbons (Fsp3) is 0.0417. The van der Waals surface area contributed by atoms with Crippen molar-refractivity contribution in [2.75, 3.05) is 0 Å². The Hall–Kier alpha value is -4.10. The third kappa shape index (κ3) is 4.19. The summed E-state index contributed by atoms with van der Waals surface area (Å²) in [6, 6.07) is 19.2. The van der Waals surface area contributed by atoms with E-state index in [1.807, 2.05) is 30.3 Å². The van der Waals surface area contributed by atoms with Gasteiger partial charge in [-0.25, -0.2) is 4.79 Å². The first-order valence-corrected chi connectivity index (χ1v) is 9.91. The quantitative estimate of drug-likeness (QED) is 0.170. The van der Waals surface area contributed by atoms with Crippen molar-refractivity contribution in [3.63, 3.8) is 0 Å². The van der Waals surface area contributed by atoms with Gasteiger partial charge in [0.05, 0.1) is 16.0 Å². The number of hydrogen-bond acceptors (Lipinski definition) is 6. The van der Waals surface area contributed by atoms with Crippen LogP contribution in [0.2, 0.25) is 5.02 Å². The summed E-state index contributed by atoms with van der Waals surface area (Å²) < 4.78 is 5.47. The number of benzene rings is 3. The Kier molecular flexibility index (Phi) is 5.91. The monoisotopic (exact) mass is 446 g/mol. The van der Waals surface area contributed by atoms with E-state index in [1.54, 1.807) is 18.3 Å². The van der Waals surface area contributed by atoms with Crippen molar-refractivity contribution in [1.29, 1.82) is 0 Å². The fourth-order valence-electron chi connectivity index (χ4n) is 3.31. The topological polar surface area (TPSA) is 99.4 Å². The molecule has 0 atom stereocenters. The Balaban J connectivity index is 1.60. The van der Waals surface area contributed by atoms with Gasteiger partial charge in [0.15, 0.2) is 5.78 Å². The van der Waals surface area contributed by atoms with Crippen LogP contribution in [-0.2, 0) is 11.3 Å². The number of nitrogens with zero attached hydrogens (tertiary/aromatic N) is 2. The molecule has 0 amide bonds. The molecule has 1 aromatic heterocycles. The molecule has 0 aliphatic rings. The number of para-hydroxylation sites is 1. The number of esters is 1. The lowest BCUT2D eigenvalue weighted by Gasteiger charge is -2.10. The van der Waals surface area contributed by atoms with Gasteiger partial charge >= 0.3 is 5.97 Å². The van der Waals surface area contributed by atoms with Crippen molar-refractivity contribution in [2.45, 2.75) is 6.61 Å². The second-order valence-corrected chi connectivity index (χ2v) is 7.27. The summed E-state index contributed by atoms with van der Waals surface area (Å²) in [6.45, 7) is -0.0257. The molecule has 0 spiro atoms. The highest BCUT2D eigenvalue weighted by atomic mass is 35.5.